The molecular formula is C15H23NO3. The van der Waals surface area contributed by atoms with Crippen molar-refractivity contribution in [1.82, 2.24) is 5.32 Å². The average Bonchev–Trinajstić information content (AvgIpc) is 2.44. The van der Waals surface area contributed by atoms with Gasteiger partial charge in [-0.05, 0) is 38.4 Å². The molecule has 0 saturated heterocycles. The first-order chi connectivity index (χ1) is 9.27. The lowest BCUT2D eigenvalue weighted by Gasteiger charge is -2.15. The minimum atomic E-state index is -0.211. The van der Waals surface area contributed by atoms with E-state index < -0.39 is 0 Å². The first kappa shape index (κ1) is 15.5. The van der Waals surface area contributed by atoms with Crippen LogP contribution in [0, 0.1) is 0 Å². The van der Waals surface area contributed by atoms with E-state index in [2.05, 4.69) is 5.32 Å². The molecule has 0 aliphatic rings. The molecule has 1 N–H and O–H groups in total. The molecule has 0 aliphatic heterocycles. The maximum atomic E-state index is 11.5. The van der Waals surface area contributed by atoms with E-state index in [0.29, 0.717) is 13.2 Å². The van der Waals surface area contributed by atoms with E-state index in [1.54, 1.807) is 0 Å². The van der Waals surface area contributed by atoms with Crippen LogP contribution in [0.2, 0.25) is 0 Å². The number of nitrogens with one attached hydrogen (secondary N) is 1. The van der Waals surface area contributed by atoms with E-state index in [4.69, 9.17) is 9.47 Å². The van der Waals surface area contributed by atoms with Crippen molar-refractivity contribution in [3.8, 4) is 5.75 Å². The molecule has 19 heavy (non-hydrogen) atoms. The Labute approximate surface area is 115 Å². The SMILES string of the molecule is CCOC(=O)C(CC)NCCCOc1ccccc1. The minimum Gasteiger partial charge on any atom is -0.494 e. The zero-order valence-electron chi connectivity index (χ0n) is 11.7. The van der Waals surface area contributed by atoms with Crippen LogP contribution in [0.4, 0.5) is 0 Å². The van der Waals surface area contributed by atoms with Gasteiger partial charge in [-0.25, -0.2) is 0 Å². The fourth-order valence-corrected chi connectivity index (χ4v) is 1.69. The van der Waals surface area contributed by atoms with Crippen LogP contribution < -0.4 is 10.1 Å². The second kappa shape index (κ2) is 9.39. The highest BCUT2D eigenvalue weighted by molar-refractivity contribution is 5.75. The number of para-hydroxylation sites is 1. The molecule has 0 aromatic heterocycles. The maximum absolute atomic E-state index is 11.5. The van der Waals surface area contributed by atoms with Gasteiger partial charge in [-0.15, -0.1) is 0 Å². The highest BCUT2D eigenvalue weighted by Crippen LogP contribution is 2.08. The standard InChI is InChI=1S/C15H23NO3/c1-3-14(15(17)18-4-2)16-11-8-12-19-13-9-6-5-7-10-13/h5-7,9-10,14,16H,3-4,8,11-12H2,1-2H3. The van der Waals surface area contributed by atoms with Gasteiger partial charge in [-0.3, -0.25) is 4.79 Å². The zero-order chi connectivity index (χ0) is 13.9. The number of rotatable bonds is 9. The summed E-state index contributed by atoms with van der Waals surface area (Å²) < 4.78 is 10.6. The molecule has 0 heterocycles. The Morgan fingerprint density at radius 2 is 2.00 bits per heavy atom. The van der Waals surface area contributed by atoms with Crippen LogP contribution in [-0.4, -0.2) is 31.8 Å². The summed E-state index contributed by atoms with van der Waals surface area (Å²) in [6, 6.07) is 9.50. The molecule has 1 rings (SSSR count). The van der Waals surface area contributed by atoms with Crippen LogP contribution in [0.25, 0.3) is 0 Å². The summed E-state index contributed by atoms with van der Waals surface area (Å²) in [5.74, 6) is 0.703. The van der Waals surface area contributed by atoms with E-state index in [1.807, 2.05) is 44.2 Å². The summed E-state index contributed by atoms with van der Waals surface area (Å²) in [7, 11) is 0. The Bertz CT molecular complexity index is 354. The summed E-state index contributed by atoms with van der Waals surface area (Å²) in [6.45, 7) is 5.59. The molecule has 106 valence electrons. The van der Waals surface area contributed by atoms with E-state index >= 15 is 0 Å². The van der Waals surface area contributed by atoms with Gasteiger partial charge in [0.1, 0.15) is 11.8 Å². The van der Waals surface area contributed by atoms with E-state index in [-0.39, 0.29) is 12.0 Å². The van der Waals surface area contributed by atoms with Gasteiger partial charge in [0.25, 0.3) is 0 Å². The molecule has 1 atom stereocenters. The second-order valence-corrected chi connectivity index (χ2v) is 4.18. The summed E-state index contributed by atoms with van der Waals surface area (Å²) in [4.78, 5) is 11.5. The van der Waals surface area contributed by atoms with E-state index in [9.17, 15) is 4.79 Å². The molecule has 4 nitrogen and oxygen atoms in total. The van der Waals surface area contributed by atoms with Gasteiger partial charge < -0.3 is 14.8 Å². The predicted octanol–water partition coefficient (Wildman–Crippen LogP) is 2.39. The van der Waals surface area contributed by atoms with Gasteiger partial charge in [-0.2, -0.15) is 0 Å². The molecule has 1 aromatic rings. The number of esters is 1. The number of hydrogen-bond donors (Lipinski definition) is 1. The summed E-state index contributed by atoms with van der Waals surface area (Å²) in [5.41, 5.74) is 0. The van der Waals surface area contributed by atoms with Gasteiger partial charge >= 0.3 is 5.97 Å². The Morgan fingerprint density at radius 1 is 1.26 bits per heavy atom. The molecule has 4 heteroatoms. The third kappa shape index (κ3) is 6.25. The normalized spacial score (nSPS) is 11.9. The lowest BCUT2D eigenvalue weighted by Crippen LogP contribution is -2.38. The summed E-state index contributed by atoms with van der Waals surface area (Å²) in [5, 5.41) is 3.19. The van der Waals surface area contributed by atoms with Crippen LogP contribution in [0.5, 0.6) is 5.75 Å². The number of ether oxygens (including phenoxy) is 2. The summed E-state index contributed by atoms with van der Waals surface area (Å²) >= 11 is 0. The summed E-state index contributed by atoms with van der Waals surface area (Å²) in [6.07, 6.45) is 1.59. The first-order valence-electron chi connectivity index (χ1n) is 6.85. The maximum Gasteiger partial charge on any atom is 0.323 e. The molecule has 1 unspecified atom stereocenters. The van der Waals surface area contributed by atoms with Crippen molar-refractivity contribution >= 4 is 5.97 Å². The van der Waals surface area contributed by atoms with Crippen molar-refractivity contribution < 1.29 is 14.3 Å². The number of benzene rings is 1. The molecule has 0 amide bonds. The largest absolute Gasteiger partial charge is 0.494 e. The highest BCUT2D eigenvalue weighted by Gasteiger charge is 2.15. The van der Waals surface area contributed by atoms with Gasteiger partial charge in [0, 0.05) is 0 Å². The zero-order valence-corrected chi connectivity index (χ0v) is 11.7. The molecule has 0 fully saturated rings. The van der Waals surface area contributed by atoms with Gasteiger partial charge in [0.2, 0.25) is 0 Å². The van der Waals surface area contributed by atoms with Crippen LogP contribution >= 0.6 is 0 Å². The van der Waals surface area contributed by atoms with Gasteiger partial charge in [0.15, 0.2) is 0 Å². The topological polar surface area (TPSA) is 47.6 Å². The molecule has 0 saturated carbocycles. The quantitative estimate of drug-likeness (QED) is 0.550. The second-order valence-electron chi connectivity index (χ2n) is 4.18. The number of carbonyl (C=O) groups excluding carboxylic acids is 1. The fraction of sp³-hybridized carbons (Fsp3) is 0.533. The predicted molar refractivity (Wildman–Crippen MR) is 75.3 cm³/mol. The Morgan fingerprint density at radius 3 is 2.63 bits per heavy atom. The third-order valence-corrected chi connectivity index (χ3v) is 2.70. The molecule has 0 spiro atoms. The smallest absolute Gasteiger partial charge is 0.323 e. The molecular weight excluding hydrogens is 242 g/mol. The minimum absolute atomic E-state index is 0.172. The van der Waals surface area contributed by atoms with E-state index in [0.717, 1.165) is 25.1 Å². The number of carbonyl (C=O) groups is 1. The first-order valence-corrected chi connectivity index (χ1v) is 6.85. The van der Waals surface area contributed by atoms with Crippen molar-refractivity contribution in [3.05, 3.63) is 30.3 Å². The van der Waals surface area contributed by atoms with E-state index in [1.165, 1.54) is 0 Å². The van der Waals surface area contributed by atoms with Crippen molar-refractivity contribution in [2.75, 3.05) is 19.8 Å². The van der Waals surface area contributed by atoms with Crippen molar-refractivity contribution in [3.63, 3.8) is 0 Å². The van der Waals surface area contributed by atoms with Crippen molar-refractivity contribution in [2.45, 2.75) is 32.7 Å². The Balaban J connectivity index is 2.14. The van der Waals surface area contributed by atoms with Crippen LogP contribution in [0.15, 0.2) is 30.3 Å². The fourth-order valence-electron chi connectivity index (χ4n) is 1.69. The molecule has 0 bridgehead atoms. The average molecular weight is 265 g/mol. The highest BCUT2D eigenvalue weighted by atomic mass is 16.5. The lowest BCUT2D eigenvalue weighted by molar-refractivity contribution is -0.145. The van der Waals surface area contributed by atoms with Gasteiger partial charge in [0.05, 0.1) is 13.2 Å². The van der Waals surface area contributed by atoms with Crippen molar-refractivity contribution in [1.29, 1.82) is 0 Å². The molecule has 1 aromatic carbocycles. The van der Waals surface area contributed by atoms with Gasteiger partial charge in [-0.1, -0.05) is 25.1 Å². The van der Waals surface area contributed by atoms with Crippen molar-refractivity contribution in [2.24, 2.45) is 0 Å². The monoisotopic (exact) mass is 265 g/mol. The lowest BCUT2D eigenvalue weighted by atomic mass is 10.2. The molecule has 0 radical (unpaired) electrons. The molecule has 0 aliphatic carbocycles. The van der Waals surface area contributed by atoms with Crippen LogP contribution in [0.1, 0.15) is 26.7 Å². The van der Waals surface area contributed by atoms with Crippen LogP contribution in [0.3, 0.4) is 0 Å². The Kier molecular flexibility index (Phi) is 7.66. The third-order valence-electron chi connectivity index (χ3n) is 2.70. The Hall–Kier alpha value is -1.55. The van der Waals surface area contributed by atoms with Crippen LogP contribution in [-0.2, 0) is 9.53 Å². The number of hydrogen-bond acceptors (Lipinski definition) is 4.